The highest BCUT2D eigenvalue weighted by Crippen LogP contribution is 2.23. The van der Waals surface area contributed by atoms with E-state index in [1.807, 2.05) is 18.7 Å². The molecule has 3 rings (SSSR count). The van der Waals surface area contributed by atoms with Crippen molar-refractivity contribution in [2.45, 2.75) is 13.3 Å². The standard InChI is InChI=1S/C16H18Cl2N2O2.C4H9NS/c1-2-19-9-10-20(8-7-16(19)22)15(21)6-4-12-3-5-13(17)14(18)11-12;1-3-6-4-2-5-1/h3-6,11H,2,7-10H2,1H3;5H,1-4H2. The lowest BCUT2D eigenvalue weighted by Gasteiger charge is -2.20. The molecule has 2 heterocycles. The van der Waals surface area contributed by atoms with Crippen LogP contribution < -0.4 is 5.32 Å². The van der Waals surface area contributed by atoms with Crippen molar-refractivity contribution in [2.24, 2.45) is 0 Å². The van der Waals surface area contributed by atoms with E-state index in [0.29, 0.717) is 42.6 Å². The molecule has 0 radical (unpaired) electrons. The minimum Gasteiger partial charge on any atom is -0.341 e. The molecule has 2 saturated heterocycles. The van der Waals surface area contributed by atoms with Gasteiger partial charge in [-0.2, -0.15) is 11.8 Å². The fraction of sp³-hybridized carbons (Fsp3) is 0.500. The summed E-state index contributed by atoms with van der Waals surface area (Å²) in [5, 5.41) is 4.20. The lowest BCUT2D eigenvalue weighted by atomic mass is 10.2. The molecule has 1 N–H and O–H groups in total. The van der Waals surface area contributed by atoms with Gasteiger partial charge < -0.3 is 15.1 Å². The second-order valence-electron chi connectivity index (χ2n) is 6.42. The topological polar surface area (TPSA) is 52.6 Å². The van der Waals surface area contributed by atoms with Gasteiger partial charge in [0.2, 0.25) is 11.8 Å². The molecule has 0 spiro atoms. The van der Waals surface area contributed by atoms with Gasteiger partial charge in [0.1, 0.15) is 0 Å². The molecule has 2 amide bonds. The molecule has 1 aromatic carbocycles. The third-order valence-corrected chi connectivity index (χ3v) is 6.21. The number of likely N-dealkylation sites (N-methyl/N-ethyl adjacent to an activating group) is 1. The Balaban J connectivity index is 0.000000397. The fourth-order valence-electron chi connectivity index (χ4n) is 2.83. The van der Waals surface area contributed by atoms with Crippen molar-refractivity contribution in [1.29, 1.82) is 0 Å². The normalized spacial score (nSPS) is 17.9. The number of benzene rings is 1. The average Bonchev–Trinajstić information content (AvgIpc) is 2.91. The van der Waals surface area contributed by atoms with Gasteiger partial charge in [-0.1, -0.05) is 29.3 Å². The van der Waals surface area contributed by atoms with Gasteiger partial charge in [0, 0.05) is 63.3 Å². The Morgan fingerprint density at radius 2 is 1.93 bits per heavy atom. The van der Waals surface area contributed by atoms with E-state index < -0.39 is 0 Å². The number of rotatable bonds is 3. The van der Waals surface area contributed by atoms with Crippen LogP contribution in [-0.2, 0) is 9.59 Å². The summed E-state index contributed by atoms with van der Waals surface area (Å²) in [7, 11) is 0. The van der Waals surface area contributed by atoms with Crippen LogP contribution >= 0.6 is 35.0 Å². The third-order valence-electron chi connectivity index (χ3n) is 4.49. The number of nitrogens with zero attached hydrogens (tertiary/aromatic N) is 2. The van der Waals surface area contributed by atoms with E-state index in [-0.39, 0.29) is 11.8 Å². The second kappa shape index (κ2) is 12.4. The van der Waals surface area contributed by atoms with Crippen molar-refractivity contribution in [3.8, 4) is 0 Å². The summed E-state index contributed by atoms with van der Waals surface area (Å²) in [6, 6.07) is 5.19. The molecule has 2 fully saturated rings. The zero-order valence-corrected chi connectivity index (χ0v) is 18.5. The van der Waals surface area contributed by atoms with Crippen molar-refractivity contribution in [3.63, 3.8) is 0 Å². The summed E-state index contributed by atoms with van der Waals surface area (Å²) in [6.07, 6.45) is 3.58. The molecule has 1 aromatic rings. The minimum absolute atomic E-state index is 0.100. The molecule has 5 nitrogen and oxygen atoms in total. The molecule has 0 unspecified atom stereocenters. The zero-order chi connectivity index (χ0) is 20.4. The van der Waals surface area contributed by atoms with E-state index >= 15 is 0 Å². The van der Waals surface area contributed by atoms with E-state index in [1.54, 1.807) is 34.1 Å². The number of hydrogen-bond acceptors (Lipinski definition) is 4. The van der Waals surface area contributed by atoms with E-state index in [9.17, 15) is 9.59 Å². The SMILES string of the molecule is C1CSCCN1.CCN1CCN(C(=O)C=Cc2ccc(Cl)c(Cl)c2)CCC1=O. The summed E-state index contributed by atoms with van der Waals surface area (Å²) in [4.78, 5) is 27.5. The maximum Gasteiger partial charge on any atom is 0.246 e. The summed E-state index contributed by atoms with van der Waals surface area (Å²) in [5.74, 6) is 2.61. The predicted molar refractivity (Wildman–Crippen MR) is 119 cm³/mol. The Morgan fingerprint density at radius 3 is 2.50 bits per heavy atom. The lowest BCUT2D eigenvalue weighted by Crippen LogP contribution is -2.35. The van der Waals surface area contributed by atoms with Crippen molar-refractivity contribution < 1.29 is 9.59 Å². The van der Waals surface area contributed by atoms with Gasteiger partial charge in [0.25, 0.3) is 0 Å². The van der Waals surface area contributed by atoms with E-state index in [2.05, 4.69) is 5.32 Å². The largest absolute Gasteiger partial charge is 0.341 e. The quantitative estimate of drug-likeness (QED) is 0.727. The molecule has 0 aromatic heterocycles. The maximum absolute atomic E-state index is 12.2. The Labute approximate surface area is 181 Å². The first kappa shape index (κ1) is 23.1. The molecular weight excluding hydrogens is 417 g/mol. The molecule has 2 aliphatic rings. The highest BCUT2D eigenvalue weighted by Gasteiger charge is 2.21. The molecule has 28 heavy (non-hydrogen) atoms. The first-order valence-electron chi connectivity index (χ1n) is 9.49. The summed E-state index contributed by atoms with van der Waals surface area (Å²) >= 11 is 13.8. The van der Waals surface area contributed by atoms with Crippen LogP contribution in [0.1, 0.15) is 18.9 Å². The Morgan fingerprint density at radius 1 is 1.18 bits per heavy atom. The highest BCUT2D eigenvalue weighted by atomic mass is 35.5. The monoisotopic (exact) mass is 443 g/mol. The number of carbonyl (C=O) groups excluding carboxylic acids is 2. The van der Waals surface area contributed by atoms with Crippen molar-refractivity contribution in [1.82, 2.24) is 15.1 Å². The van der Waals surface area contributed by atoms with Gasteiger partial charge >= 0.3 is 0 Å². The number of nitrogens with one attached hydrogen (secondary N) is 1. The molecule has 0 saturated carbocycles. The Bertz CT molecular complexity index is 685. The molecule has 0 atom stereocenters. The van der Waals surface area contributed by atoms with Crippen LogP contribution in [-0.4, -0.2) is 72.4 Å². The van der Waals surface area contributed by atoms with Gasteiger partial charge in [-0.05, 0) is 30.7 Å². The summed E-state index contributed by atoms with van der Waals surface area (Å²) < 4.78 is 0. The lowest BCUT2D eigenvalue weighted by molar-refractivity contribution is -0.130. The van der Waals surface area contributed by atoms with Gasteiger partial charge in [-0.3, -0.25) is 9.59 Å². The average molecular weight is 444 g/mol. The smallest absolute Gasteiger partial charge is 0.246 e. The number of halogens is 2. The first-order valence-corrected chi connectivity index (χ1v) is 11.4. The summed E-state index contributed by atoms with van der Waals surface area (Å²) in [6.45, 7) is 6.65. The molecular formula is C20H27Cl2N3O2S. The number of hydrogen-bond donors (Lipinski definition) is 1. The first-order chi connectivity index (χ1) is 13.5. The van der Waals surface area contributed by atoms with E-state index in [4.69, 9.17) is 23.2 Å². The molecule has 154 valence electrons. The van der Waals surface area contributed by atoms with Crippen molar-refractivity contribution >= 4 is 52.9 Å². The summed E-state index contributed by atoms with van der Waals surface area (Å²) in [5.41, 5.74) is 0.809. The Hall–Kier alpha value is -1.21. The van der Waals surface area contributed by atoms with Gasteiger partial charge in [0.15, 0.2) is 0 Å². The minimum atomic E-state index is -0.100. The molecule has 0 bridgehead atoms. The predicted octanol–water partition coefficient (Wildman–Crippen LogP) is 3.41. The van der Waals surface area contributed by atoms with Crippen LogP contribution in [0, 0.1) is 0 Å². The maximum atomic E-state index is 12.2. The zero-order valence-electron chi connectivity index (χ0n) is 16.1. The van der Waals surface area contributed by atoms with Gasteiger partial charge in [-0.25, -0.2) is 0 Å². The third kappa shape index (κ3) is 7.66. The number of thioether (sulfide) groups is 1. The van der Waals surface area contributed by atoms with Gasteiger partial charge in [-0.15, -0.1) is 0 Å². The van der Waals surface area contributed by atoms with Crippen molar-refractivity contribution in [2.75, 3.05) is 50.8 Å². The van der Waals surface area contributed by atoms with Crippen LogP contribution in [0.15, 0.2) is 24.3 Å². The van der Waals surface area contributed by atoms with Crippen LogP contribution in [0.3, 0.4) is 0 Å². The van der Waals surface area contributed by atoms with Crippen LogP contribution in [0.5, 0.6) is 0 Å². The molecule has 0 aliphatic carbocycles. The van der Waals surface area contributed by atoms with Crippen LogP contribution in [0.4, 0.5) is 0 Å². The van der Waals surface area contributed by atoms with E-state index in [1.165, 1.54) is 30.7 Å². The van der Waals surface area contributed by atoms with Crippen molar-refractivity contribution in [3.05, 3.63) is 39.9 Å². The number of carbonyl (C=O) groups is 2. The highest BCUT2D eigenvalue weighted by molar-refractivity contribution is 7.99. The number of amides is 2. The molecule has 8 heteroatoms. The van der Waals surface area contributed by atoms with Crippen LogP contribution in [0.2, 0.25) is 10.0 Å². The Kier molecular flexibility index (Phi) is 10.2. The second-order valence-corrected chi connectivity index (χ2v) is 8.46. The van der Waals surface area contributed by atoms with Gasteiger partial charge in [0.05, 0.1) is 10.0 Å². The van der Waals surface area contributed by atoms with E-state index in [0.717, 1.165) is 5.56 Å². The fourth-order valence-corrected chi connectivity index (χ4v) is 3.91. The van der Waals surface area contributed by atoms with Crippen LogP contribution in [0.25, 0.3) is 6.08 Å². The molecule has 2 aliphatic heterocycles.